The molecule has 2 rings (SSSR count). The number of carbonyl (C=O) groups excluding carboxylic acids is 2. The van der Waals surface area contributed by atoms with Gasteiger partial charge in [0, 0.05) is 24.7 Å². The molecule has 0 fully saturated rings. The first-order valence-electron chi connectivity index (χ1n) is 8.42. The highest BCUT2D eigenvalue weighted by Gasteiger charge is 2.31. The van der Waals surface area contributed by atoms with E-state index in [1.54, 1.807) is 0 Å². The van der Waals surface area contributed by atoms with Gasteiger partial charge in [0.2, 0.25) is 5.91 Å². The summed E-state index contributed by atoms with van der Waals surface area (Å²) in [7, 11) is 0. The van der Waals surface area contributed by atoms with Crippen LogP contribution in [0.5, 0.6) is 5.75 Å². The van der Waals surface area contributed by atoms with Gasteiger partial charge in [0.1, 0.15) is 12.4 Å². The second-order valence-corrected chi connectivity index (χ2v) is 5.72. The van der Waals surface area contributed by atoms with E-state index in [2.05, 4.69) is 15.4 Å². The fraction of sp³-hybridized carbons (Fsp3) is 0.263. The van der Waals surface area contributed by atoms with Crippen LogP contribution in [0, 0.1) is 0 Å². The molecule has 0 saturated carbocycles. The number of hydrogen-bond acceptors (Lipinski definition) is 4. The SMILES string of the molecule is O=C(CCCNC(=O)OCc1ccccc1)Nc1cccc(OC(F)(F)F)c1. The van der Waals surface area contributed by atoms with Crippen LogP contribution >= 0.6 is 0 Å². The van der Waals surface area contributed by atoms with Crippen molar-refractivity contribution in [3.05, 3.63) is 60.2 Å². The number of halogens is 3. The number of ether oxygens (including phenoxy) is 2. The number of rotatable bonds is 8. The van der Waals surface area contributed by atoms with E-state index >= 15 is 0 Å². The van der Waals surface area contributed by atoms with Crippen molar-refractivity contribution in [1.29, 1.82) is 0 Å². The van der Waals surface area contributed by atoms with Gasteiger partial charge in [0.25, 0.3) is 0 Å². The summed E-state index contributed by atoms with van der Waals surface area (Å²) in [6.07, 6.45) is -4.99. The van der Waals surface area contributed by atoms with E-state index in [0.717, 1.165) is 17.7 Å². The van der Waals surface area contributed by atoms with Gasteiger partial charge in [0.15, 0.2) is 0 Å². The first-order valence-corrected chi connectivity index (χ1v) is 8.42. The van der Waals surface area contributed by atoms with Gasteiger partial charge in [-0.2, -0.15) is 0 Å². The molecule has 0 aliphatic heterocycles. The van der Waals surface area contributed by atoms with Crippen LogP contribution < -0.4 is 15.4 Å². The number of alkyl halides is 3. The number of amides is 2. The molecule has 2 N–H and O–H groups in total. The maximum Gasteiger partial charge on any atom is 0.573 e. The Morgan fingerprint density at radius 1 is 1.00 bits per heavy atom. The molecule has 0 saturated heterocycles. The van der Waals surface area contributed by atoms with E-state index in [1.165, 1.54) is 12.1 Å². The van der Waals surface area contributed by atoms with Gasteiger partial charge in [-0.3, -0.25) is 4.79 Å². The Kier molecular flexibility index (Phi) is 7.67. The predicted octanol–water partition coefficient (Wildman–Crippen LogP) is 4.23. The maximum absolute atomic E-state index is 12.2. The van der Waals surface area contributed by atoms with Gasteiger partial charge in [-0.1, -0.05) is 36.4 Å². The largest absolute Gasteiger partial charge is 0.573 e. The summed E-state index contributed by atoms with van der Waals surface area (Å²) in [6, 6.07) is 14.2. The van der Waals surface area contributed by atoms with Crippen LogP contribution in [0.4, 0.5) is 23.7 Å². The van der Waals surface area contributed by atoms with E-state index in [-0.39, 0.29) is 25.3 Å². The number of anilines is 1. The number of carbonyl (C=O) groups is 2. The van der Waals surface area contributed by atoms with Crippen LogP contribution in [0.25, 0.3) is 0 Å². The van der Waals surface area contributed by atoms with Crippen LogP contribution in [-0.2, 0) is 16.1 Å². The van der Waals surface area contributed by atoms with Gasteiger partial charge >= 0.3 is 12.5 Å². The lowest BCUT2D eigenvalue weighted by atomic mass is 10.2. The molecular weight excluding hydrogens is 377 g/mol. The molecule has 2 aromatic carbocycles. The summed E-state index contributed by atoms with van der Waals surface area (Å²) in [6.45, 7) is 0.363. The molecule has 2 amide bonds. The average molecular weight is 396 g/mol. The zero-order chi connectivity index (χ0) is 20.4. The highest BCUT2D eigenvalue weighted by atomic mass is 19.4. The fourth-order valence-electron chi connectivity index (χ4n) is 2.21. The van der Waals surface area contributed by atoms with Crippen LogP contribution in [0.3, 0.4) is 0 Å². The lowest BCUT2D eigenvalue weighted by Gasteiger charge is -2.11. The first kappa shape index (κ1) is 21.1. The highest BCUT2D eigenvalue weighted by molar-refractivity contribution is 5.90. The third-order valence-electron chi connectivity index (χ3n) is 3.41. The summed E-state index contributed by atoms with van der Waals surface area (Å²) in [5.74, 6) is -0.822. The Morgan fingerprint density at radius 2 is 1.75 bits per heavy atom. The van der Waals surface area contributed by atoms with E-state index < -0.39 is 24.1 Å². The third-order valence-corrected chi connectivity index (χ3v) is 3.41. The molecule has 28 heavy (non-hydrogen) atoms. The molecule has 0 aliphatic carbocycles. The lowest BCUT2D eigenvalue weighted by molar-refractivity contribution is -0.274. The lowest BCUT2D eigenvalue weighted by Crippen LogP contribution is -2.26. The third kappa shape index (κ3) is 8.43. The second-order valence-electron chi connectivity index (χ2n) is 5.72. The van der Waals surface area contributed by atoms with Crippen molar-refractivity contribution >= 4 is 17.7 Å². The molecule has 0 aromatic heterocycles. The Labute approximate surface area is 159 Å². The van der Waals surface area contributed by atoms with Gasteiger partial charge < -0.3 is 20.1 Å². The van der Waals surface area contributed by atoms with Crippen LogP contribution in [0.15, 0.2) is 54.6 Å². The quantitative estimate of drug-likeness (QED) is 0.655. The molecule has 6 nitrogen and oxygen atoms in total. The minimum Gasteiger partial charge on any atom is -0.445 e. The van der Waals surface area contributed by atoms with Crippen molar-refractivity contribution in [3.63, 3.8) is 0 Å². The average Bonchev–Trinajstić information content (AvgIpc) is 2.63. The topological polar surface area (TPSA) is 76.7 Å². The van der Waals surface area contributed by atoms with Crippen molar-refractivity contribution in [1.82, 2.24) is 5.32 Å². The van der Waals surface area contributed by atoms with Crippen molar-refractivity contribution in [2.24, 2.45) is 0 Å². The normalized spacial score (nSPS) is 10.8. The van der Waals surface area contributed by atoms with Crippen LogP contribution in [-0.4, -0.2) is 24.9 Å². The van der Waals surface area contributed by atoms with Crippen LogP contribution in [0.1, 0.15) is 18.4 Å². The maximum atomic E-state index is 12.2. The zero-order valence-corrected chi connectivity index (χ0v) is 14.8. The minimum atomic E-state index is -4.80. The van der Waals surface area contributed by atoms with E-state index in [1.807, 2.05) is 30.3 Å². The predicted molar refractivity (Wildman–Crippen MR) is 95.6 cm³/mol. The molecule has 0 aliphatic rings. The number of alkyl carbamates (subject to hydrolysis) is 1. The molecule has 0 unspecified atom stereocenters. The highest BCUT2D eigenvalue weighted by Crippen LogP contribution is 2.25. The molecule has 0 atom stereocenters. The number of nitrogens with one attached hydrogen (secondary N) is 2. The summed E-state index contributed by atoms with van der Waals surface area (Å²) >= 11 is 0. The number of hydrogen-bond donors (Lipinski definition) is 2. The molecule has 0 spiro atoms. The van der Waals surface area contributed by atoms with Gasteiger partial charge in [-0.05, 0) is 24.1 Å². The molecule has 9 heteroatoms. The van der Waals surface area contributed by atoms with Gasteiger partial charge in [0.05, 0.1) is 0 Å². The summed E-state index contributed by atoms with van der Waals surface area (Å²) in [5.41, 5.74) is 1.04. The van der Waals surface area contributed by atoms with Crippen molar-refractivity contribution in [2.45, 2.75) is 25.8 Å². The Bertz CT molecular complexity index is 782. The van der Waals surface area contributed by atoms with Crippen molar-refractivity contribution < 1.29 is 32.2 Å². The summed E-state index contributed by atoms with van der Waals surface area (Å²) in [4.78, 5) is 23.4. The smallest absolute Gasteiger partial charge is 0.445 e. The molecule has 0 radical (unpaired) electrons. The molecular formula is C19H19F3N2O4. The standard InChI is InChI=1S/C19H19F3N2O4/c20-19(21,22)28-16-9-4-8-15(12-16)24-17(25)10-5-11-23-18(26)27-13-14-6-2-1-3-7-14/h1-4,6-9,12H,5,10-11,13H2,(H,23,26)(H,24,25). The van der Waals surface area contributed by atoms with E-state index in [0.29, 0.717) is 6.42 Å². The van der Waals surface area contributed by atoms with Gasteiger partial charge in [-0.15, -0.1) is 13.2 Å². The summed E-state index contributed by atoms with van der Waals surface area (Å²) in [5, 5.41) is 4.99. The van der Waals surface area contributed by atoms with E-state index in [4.69, 9.17) is 4.74 Å². The molecule has 0 heterocycles. The van der Waals surface area contributed by atoms with Crippen molar-refractivity contribution in [2.75, 3.05) is 11.9 Å². The molecule has 2 aromatic rings. The molecule has 0 bridgehead atoms. The summed E-state index contributed by atoms with van der Waals surface area (Å²) < 4.78 is 45.4. The fourth-order valence-corrected chi connectivity index (χ4v) is 2.21. The zero-order valence-electron chi connectivity index (χ0n) is 14.8. The molecule has 150 valence electrons. The first-order chi connectivity index (χ1) is 13.3. The van der Waals surface area contributed by atoms with Gasteiger partial charge in [-0.25, -0.2) is 4.79 Å². The Morgan fingerprint density at radius 3 is 2.46 bits per heavy atom. The number of benzene rings is 2. The van der Waals surface area contributed by atoms with Crippen LogP contribution in [0.2, 0.25) is 0 Å². The van der Waals surface area contributed by atoms with Crippen molar-refractivity contribution in [3.8, 4) is 5.75 Å². The second kappa shape index (κ2) is 10.2. The van der Waals surface area contributed by atoms with E-state index in [9.17, 15) is 22.8 Å². The monoisotopic (exact) mass is 396 g/mol. The minimum absolute atomic E-state index is 0.0727. The Hall–Kier alpha value is -3.23. The Balaban J connectivity index is 1.64.